The molecule has 0 spiro atoms. The summed E-state index contributed by atoms with van der Waals surface area (Å²) >= 11 is 0. The third-order valence-corrected chi connectivity index (χ3v) is 5.78. The lowest BCUT2D eigenvalue weighted by atomic mass is 9.91. The Morgan fingerprint density at radius 1 is 0.941 bits per heavy atom. The molecule has 34 heavy (non-hydrogen) atoms. The van der Waals surface area contributed by atoms with Gasteiger partial charge in [0, 0.05) is 34.8 Å². The van der Waals surface area contributed by atoms with Gasteiger partial charge in [-0.05, 0) is 43.2 Å². The van der Waals surface area contributed by atoms with E-state index in [1.165, 1.54) is 0 Å². The van der Waals surface area contributed by atoms with Crippen molar-refractivity contribution in [2.24, 2.45) is 5.92 Å². The van der Waals surface area contributed by atoms with E-state index in [0.29, 0.717) is 19.4 Å². The van der Waals surface area contributed by atoms with E-state index in [2.05, 4.69) is 5.32 Å². The fraction of sp³-hybridized carbons (Fsp3) is 0.250. The van der Waals surface area contributed by atoms with E-state index < -0.39 is 12.3 Å². The van der Waals surface area contributed by atoms with Gasteiger partial charge in [0.2, 0.25) is 0 Å². The molecule has 3 aromatic carbocycles. The number of ether oxygens (including phenoxy) is 2. The van der Waals surface area contributed by atoms with Crippen molar-refractivity contribution in [2.45, 2.75) is 31.7 Å². The molecule has 1 aliphatic rings. The molecule has 0 radical (unpaired) electrons. The van der Waals surface area contributed by atoms with Crippen LogP contribution in [0.3, 0.4) is 0 Å². The molecule has 176 valence electrons. The Morgan fingerprint density at radius 3 is 2.38 bits per heavy atom. The summed E-state index contributed by atoms with van der Waals surface area (Å²) < 4.78 is 12.4. The van der Waals surface area contributed by atoms with Crippen LogP contribution in [0.5, 0.6) is 5.75 Å². The fourth-order valence-electron chi connectivity index (χ4n) is 4.01. The van der Waals surface area contributed by atoms with Gasteiger partial charge in [-0.15, -0.1) is 0 Å². The van der Waals surface area contributed by atoms with Crippen molar-refractivity contribution >= 4 is 17.3 Å². The first kappa shape index (κ1) is 23.5. The molecule has 3 N–H and O–H groups in total. The molecule has 3 unspecified atom stereocenters. The number of carboxylic acid groups (broad SMARTS) is 1. The summed E-state index contributed by atoms with van der Waals surface area (Å²) in [4.78, 5) is 10.7. The molecule has 0 saturated carbocycles. The highest BCUT2D eigenvalue weighted by Gasteiger charge is 2.34. The van der Waals surface area contributed by atoms with Crippen molar-refractivity contribution in [3.8, 4) is 5.75 Å². The maximum atomic E-state index is 10.7. The van der Waals surface area contributed by atoms with Gasteiger partial charge in [-0.2, -0.15) is 0 Å². The van der Waals surface area contributed by atoms with Gasteiger partial charge < -0.3 is 25.0 Å². The van der Waals surface area contributed by atoms with Crippen LogP contribution < -0.4 is 5.32 Å². The molecule has 3 atom stereocenters. The lowest BCUT2D eigenvalue weighted by Crippen LogP contribution is -2.30. The number of phenols is 1. The molecule has 0 bridgehead atoms. The maximum Gasteiger partial charge on any atom is 0.303 e. The average Bonchev–Trinajstić information content (AvgIpc) is 2.85. The van der Waals surface area contributed by atoms with Gasteiger partial charge in [-0.1, -0.05) is 60.7 Å². The van der Waals surface area contributed by atoms with Gasteiger partial charge in [-0.3, -0.25) is 4.79 Å². The highest BCUT2D eigenvalue weighted by Crippen LogP contribution is 2.42. The minimum atomic E-state index is -0.811. The van der Waals surface area contributed by atoms with E-state index in [1.54, 1.807) is 12.1 Å². The standard InChI is InChI=1S/C28H29NO5/c30-25-13-8-7-12-24(25)27-21(9-3-1-6-14-26(31)32)19-33-28(34-27)20-15-17-23(18-16-20)29-22-10-4-2-5-11-22/h1-5,7-8,10-13,15-18,21,27-30H,6,9,14,19H2,(H,31,32)/b3-1-. The minimum absolute atomic E-state index is 0.00958. The van der Waals surface area contributed by atoms with Gasteiger partial charge in [0.15, 0.2) is 6.29 Å². The second-order valence-corrected chi connectivity index (χ2v) is 8.29. The third-order valence-electron chi connectivity index (χ3n) is 5.78. The number of benzene rings is 3. The molecule has 0 aromatic heterocycles. The van der Waals surface area contributed by atoms with Gasteiger partial charge in [0.05, 0.1) is 12.7 Å². The molecule has 1 fully saturated rings. The number of nitrogens with one attached hydrogen (secondary N) is 1. The third kappa shape index (κ3) is 6.25. The Balaban J connectivity index is 1.46. The van der Waals surface area contributed by atoms with Gasteiger partial charge in [-0.25, -0.2) is 0 Å². The lowest BCUT2D eigenvalue weighted by Gasteiger charge is -2.37. The zero-order valence-electron chi connectivity index (χ0n) is 18.8. The van der Waals surface area contributed by atoms with Gasteiger partial charge in [0.1, 0.15) is 5.75 Å². The fourth-order valence-corrected chi connectivity index (χ4v) is 4.01. The first-order chi connectivity index (χ1) is 16.6. The first-order valence-electron chi connectivity index (χ1n) is 11.4. The van der Waals surface area contributed by atoms with Crippen LogP contribution >= 0.6 is 0 Å². The number of anilines is 2. The molecule has 6 nitrogen and oxygen atoms in total. The molecule has 3 aromatic rings. The number of allylic oxidation sites excluding steroid dienone is 2. The summed E-state index contributed by atoms with van der Waals surface area (Å²) in [5.74, 6) is -0.631. The molecule has 0 aliphatic carbocycles. The van der Waals surface area contributed by atoms with Gasteiger partial charge in [0.25, 0.3) is 0 Å². The summed E-state index contributed by atoms with van der Waals surface area (Å²) in [5.41, 5.74) is 3.60. The zero-order chi connectivity index (χ0) is 23.8. The van der Waals surface area contributed by atoms with Crippen molar-refractivity contribution in [3.05, 3.63) is 102 Å². The van der Waals surface area contributed by atoms with Crippen molar-refractivity contribution in [3.63, 3.8) is 0 Å². The van der Waals surface area contributed by atoms with Crippen LogP contribution in [0.1, 0.15) is 42.8 Å². The zero-order valence-corrected chi connectivity index (χ0v) is 18.8. The molecule has 1 heterocycles. The number of rotatable bonds is 9. The van der Waals surface area contributed by atoms with Gasteiger partial charge >= 0.3 is 5.97 Å². The molecule has 1 aliphatic heterocycles. The normalized spacial score (nSPS) is 20.3. The number of aliphatic carboxylic acids is 1. The predicted octanol–water partition coefficient (Wildman–Crippen LogP) is 6.35. The monoisotopic (exact) mass is 459 g/mol. The molecule has 0 amide bonds. The van der Waals surface area contributed by atoms with Crippen LogP contribution in [0.2, 0.25) is 0 Å². The van der Waals surface area contributed by atoms with E-state index in [-0.39, 0.29) is 24.2 Å². The summed E-state index contributed by atoms with van der Waals surface area (Å²) in [5, 5.41) is 22.6. The van der Waals surface area contributed by atoms with Crippen LogP contribution in [-0.4, -0.2) is 22.8 Å². The van der Waals surface area contributed by atoms with E-state index >= 15 is 0 Å². The van der Waals surface area contributed by atoms with Crippen LogP contribution in [0.15, 0.2) is 91.0 Å². The molecule has 1 saturated heterocycles. The number of para-hydroxylation sites is 2. The van der Waals surface area contributed by atoms with E-state index in [1.807, 2.05) is 78.9 Å². The highest BCUT2D eigenvalue weighted by atomic mass is 16.7. The number of phenolic OH excluding ortho intramolecular Hbond substituents is 1. The molecular formula is C28H29NO5. The van der Waals surface area contributed by atoms with Crippen LogP contribution in [0.25, 0.3) is 0 Å². The van der Waals surface area contributed by atoms with Crippen molar-refractivity contribution < 1.29 is 24.5 Å². The Morgan fingerprint density at radius 2 is 1.65 bits per heavy atom. The minimum Gasteiger partial charge on any atom is -0.508 e. The summed E-state index contributed by atoms with van der Waals surface area (Å²) in [7, 11) is 0. The number of carbonyl (C=O) groups is 1. The largest absolute Gasteiger partial charge is 0.508 e. The van der Waals surface area contributed by atoms with E-state index in [0.717, 1.165) is 22.5 Å². The van der Waals surface area contributed by atoms with Crippen molar-refractivity contribution in [1.82, 2.24) is 0 Å². The Labute approximate surface area is 199 Å². The topological polar surface area (TPSA) is 88.0 Å². The molecule has 6 heteroatoms. The summed E-state index contributed by atoms with van der Waals surface area (Å²) in [6, 6.07) is 25.1. The number of hydrogen-bond acceptors (Lipinski definition) is 5. The summed E-state index contributed by atoms with van der Waals surface area (Å²) in [6.45, 7) is 0.455. The lowest BCUT2D eigenvalue weighted by molar-refractivity contribution is -0.244. The Hall–Kier alpha value is -3.61. The Kier molecular flexibility index (Phi) is 7.96. The van der Waals surface area contributed by atoms with E-state index in [4.69, 9.17) is 14.6 Å². The number of hydrogen-bond donors (Lipinski definition) is 3. The van der Waals surface area contributed by atoms with Crippen molar-refractivity contribution in [1.29, 1.82) is 0 Å². The van der Waals surface area contributed by atoms with Crippen molar-refractivity contribution in [2.75, 3.05) is 11.9 Å². The predicted molar refractivity (Wildman–Crippen MR) is 131 cm³/mol. The molecule has 4 rings (SSSR count). The van der Waals surface area contributed by atoms with Crippen LogP contribution in [0.4, 0.5) is 11.4 Å². The maximum absolute atomic E-state index is 10.7. The second-order valence-electron chi connectivity index (χ2n) is 8.29. The average molecular weight is 460 g/mol. The first-order valence-corrected chi connectivity index (χ1v) is 11.4. The summed E-state index contributed by atoms with van der Waals surface area (Å²) in [6.07, 6.45) is 4.18. The second kappa shape index (κ2) is 11.5. The number of carboxylic acids is 1. The van der Waals surface area contributed by atoms with E-state index in [9.17, 15) is 9.90 Å². The highest BCUT2D eigenvalue weighted by molar-refractivity contribution is 5.66. The van der Waals surface area contributed by atoms with Crippen LogP contribution in [-0.2, 0) is 14.3 Å². The van der Waals surface area contributed by atoms with Crippen LogP contribution in [0, 0.1) is 5.92 Å². The Bertz CT molecular complexity index is 1100. The quantitative estimate of drug-likeness (QED) is 0.323. The molecular weight excluding hydrogens is 430 g/mol. The SMILES string of the molecule is O=C(O)CC/C=C\CC1COC(c2ccc(Nc3ccccc3)cc2)OC1c1ccccc1O. The smallest absolute Gasteiger partial charge is 0.303 e. The number of aromatic hydroxyl groups is 1.